The third-order valence-electron chi connectivity index (χ3n) is 1.64. The van der Waals surface area contributed by atoms with E-state index in [-0.39, 0.29) is 0 Å². The lowest BCUT2D eigenvalue weighted by Gasteiger charge is -2.21. The highest BCUT2D eigenvalue weighted by Gasteiger charge is 2.36. The van der Waals surface area contributed by atoms with Gasteiger partial charge in [-0.3, -0.25) is 0 Å². The van der Waals surface area contributed by atoms with Gasteiger partial charge in [0.1, 0.15) is 3.23 Å². The van der Waals surface area contributed by atoms with Gasteiger partial charge in [-0.15, -0.1) is 0 Å². The molecule has 1 rings (SSSR count). The number of halogens is 9. The van der Waals surface area contributed by atoms with Gasteiger partial charge in [0.05, 0.1) is 0 Å². The fraction of sp³-hybridized carbons (Fsp3) is 0.571. The Hall–Kier alpha value is 3.33. The van der Waals surface area contributed by atoms with Crippen LogP contribution >= 0.6 is 143 Å². The Morgan fingerprint density at radius 3 is 1.21 bits per heavy atom. The Labute approximate surface area is 185 Å². The summed E-state index contributed by atoms with van der Waals surface area (Å²) in [5, 5.41) is 0.572. The third-order valence-corrected chi connectivity index (χ3v) is 7.38. The summed E-state index contributed by atoms with van der Waals surface area (Å²) in [6, 6.07) is 0. The molecule has 0 aromatic carbocycles. The first-order valence-corrected chi connectivity index (χ1v) is 11.7. The normalized spacial score (nSPS) is 13.7. The van der Waals surface area contributed by atoms with E-state index < -0.39 is 7.52 Å². The highest BCUT2D eigenvalue weighted by molar-refractivity contribution is 9.39. The summed E-state index contributed by atoms with van der Waals surface area (Å²) in [4.78, 5) is 13.2. The maximum absolute atomic E-state index is 4.41. The third kappa shape index (κ3) is 6.04. The van der Waals surface area contributed by atoms with E-state index in [1.807, 2.05) is 0 Å². The molecule has 3 nitrogen and oxygen atoms in total. The highest BCUT2D eigenvalue weighted by Crippen LogP contribution is 2.47. The smallest absolute Gasteiger partial charge is 0.194 e. The summed E-state index contributed by atoms with van der Waals surface area (Å²) in [5.41, 5.74) is 0. The standard InChI is InChI=1S/C7H2Br9N3/c8-1-5(9,10)2-17-3(6(11,12)13)19-4(18-2)7(14,15)16/h1H2. The minimum absolute atomic E-state index is 0.472. The fourth-order valence-corrected chi connectivity index (χ4v) is 2.52. The predicted molar refractivity (Wildman–Crippen MR) is 110 cm³/mol. The van der Waals surface area contributed by atoms with Crippen LogP contribution in [0.2, 0.25) is 0 Å². The molecule has 0 aliphatic heterocycles. The molecule has 0 saturated heterocycles. The van der Waals surface area contributed by atoms with Gasteiger partial charge in [0, 0.05) is 5.33 Å². The van der Waals surface area contributed by atoms with E-state index in [0.717, 1.165) is 0 Å². The Morgan fingerprint density at radius 2 is 0.947 bits per heavy atom. The molecule has 19 heavy (non-hydrogen) atoms. The van der Waals surface area contributed by atoms with Gasteiger partial charge >= 0.3 is 0 Å². The topological polar surface area (TPSA) is 38.7 Å². The van der Waals surface area contributed by atoms with Crippen molar-refractivity contribution in [3.05, 3.63) is 17.5 Å². The van der Waals surface area contributed by atoms with Gasteiger partial charge in [0.2, 0.25) is 0 Å². The van der Waals surface area contributed by atoms with Crippen LogP contribution in [0.4, 0.5) is 0 Å². The molecule has 0 amide bonds. The van der Waals surface area contributed by atoms with Crippen LogP contribution in [0.15, 0.2) is 0 Å². The maximum Gasteiger partial charge on any atom is 0.194 e. The van der Waals surface area contributed by atoms with Gasteiger partial charge in [0.15, 0.2) is 21.8 Å². The number of hydrogen-bond donors (Lipinski definition) is 0. The van der Waals surface area contributed by atoms with Crippen molar-refractivity contribution in [2.45, 2.75) is 7.52 Å². The summed E-state index contributed by atoms with van der Waals surface area (Å²) in [5.74, 6) is 1.47. The molecule has 0 N–H and O–H groups in total. The van der Waals surface area contributed by atoms with Gasteiger partial charge in [-0.1, -0.05) is 143 Å². The van der Waals surface area contributed by atoms with Crippen molar-refractivity contribution in [2.24, 2.45) is 0 Å². The number of alkyl halides is 9. The Kier molecular flexibility index (Phi) is 8.02. The molecule has 108 valence electrons. The van der Waals surface area contributed by atoms with Gasteiger partial charge in [-0.2, -0.15) is 0 Å². The summed E-state index contributed by atoms with van der Waals surface area (Å²) < 4.78 is -2.07. The second-order valence-corrected chi connectivity index (χ2v) is 21.0. The quantitative estimate of drug-likeness (QED) is 0.308. The van der Waals surface area contributed by atoms with Crippen LogP contribution in [0.1, 0.15) is 17.5 Å². The molecule has 1 heterocycles. The zero-order valence-electron chi connectivity index (χ0n) is 8.45. The van der Waals surface area contributed by atoms with Crippen molar-refractivity contribution in [3.63, 3.8) is 0 Å². The van der Waals surface area contributed by atoms with E-state index in [1.165, 1.54) is 0 Å². The number of rotatable bonds is 2. The van der Waals surface area contributed by atoms with E-state index in [9.17, 15) is 0 Å². The van der Waals surface area contributed by atoms with Crippen molar-refractivity contribution >= 4 is 143 Å². The first-order chi connectivity index (χ1) is 8.38. The zero-order chi connectivity index (χ0) is 15.1. The number of hydrogen-bond acceptors (Lipinski definition) is 3. The number of nitrogens with zero attached hydrogens (tertiary/aromatic N) is 3. The van der Waals surface area contributed by atoms with Crippen LogP contribution in [0.25, 0.3) is 0 Å². The van der Waals surface area contributed by atoms with Crippen LogP contribution in [-0.4, -0.2) is 20.3 Å². The van der Waals surface area contributed by atoms with E-state index in [4.69, 9.17) is 0 Å². The van der Waals surface area contributed by atoms with E-state index >= 15 is 0 Å². The molecule has 0 spiro atoms. The SMILES string of the molecule is BrCC(Br)(Br)c1nc(C(Br)(Br)Br)nc(C(Br)(Br)Br)n1. The van der Waals surface area contributed by atoms with Gasteiger partial charge in [0.25, 0.3) is 0 Å². The lowest BCUT2D eigenvalue weighted by atomic mass is 10.4. The second-order valence-electron chi connectivity index (χ2n) is 3.14. The molecule has 0 saturated carbocycles. The monoisotopic (exact) mass is 838 g/mol. The van der Waals surface area contributed by atoms with Crippen molar-refractivity contribution in [1.82, 2.24) is 15.0 Å². The molecule has 0 atom stereocenters. The van der Waals surface area contributed by atoms with E-state index in [1.54, 1.807) is 0 Å². The molecule has 1 aromatic heterocycles. The van der Waals surface area contributed by atoms with Crippen molar-refractivity contribution in [1.29, 1.82) is 0 Å². The minimum Gasteiger partial charge on any atom is -0.212 e. The van der Waals surface area contributed by atoms with Crippen molar-refractivity contribution in [3.8, 4) is 0 Å². The lowest BCUT2D eigenvalue weighted by Crippen LogP contribution is -2.23. The first-order valence-electron chi connectivity index (χ1n) is 4.22. The van der Waals surface area contributed by atoms with E-state index in [0.29, 0.717) is 22.8 Å². The van der Waals surface area contributed by atoms with Crippen LogP contribution < -0.4 is 0 Å². The largest absolute Gasteiger partial charge is 0.212 e. The van der Waals surface area contributed by atoms with Crippen LogP contribution in [0.5, 0.6) is 0 Å². The summed E-state index contributed by atoms with van der Waals surface area (Å²) in [7, 11) is 0. The average molecular weight is 847 g/mol. The number of aromatic nitrogens is 3. The average Bonchev–Trinajstić information content (AvgIpc) is 2.26. The first kappa shape index (κ1) is 20.4. The summed E-state index contributed by atoms with van der Waals surface area (Å²) >= 11 is 30.8. The van der Waals surface area contributed by atoms with Gasteiger partial charge < -0.3 is 0 Å². The fourth-order valence-electron chi connectivity index (χ4n) is 0.853. The summed E-state index contributed by atoms with van der Waals surface area (Å²) in [6.45, 7) is 0. The van der Waals surface area contributed by atoms with Crippen molar-refractivity contribution < 1.29 is 0 Å². The molecule has 0 radical (unpaired) electrons. The Morgan fingerprint density at radius 1 is 0.632 bits per heavy atom. The minimum atomic E-state index is -0.736. The Balaban J connectivity index is 3.51. The van der Waals surface area contributed by atoms with Crippen LogP contribution in [-0.2, 0) is 7.52 Å². The van der Waals surface area contributed by atoms with E-state index in [2.05, 4.69) is 158 Å². The molecule has 0 fully saturated rings. The zero-order valence-corrected chi connectivity index (χ0v) is 22.7. The van der Waals surface area contributed by atoms with Crippen molar-refractivity contribution in [2.75, 3.05) is 5.33 Å². The highest BCUT2D eigenvalue weighted by atomic mass is 80.0. The molecule has 1 aromatic rings. The van der Waals surface area contributed by atoms with Gasteiger partial charge in [-0.25, -0.2) is 15.0 Å². The predicted octanol–water partition coefficient (Wildman–Crippen LogP) is 6.80. The lowest BCUT2D eigenvalue weighted by molar-refractivity contribution is 0.795. The van der Waals surface area contributed by atoms with Gasteiger partial charge in [-0.05, 0) is 0 Å². The molecular weight excluding hydrogens is 845 g/mol. The molecule has 0 unspecified atom stereocenters. The molecule has 0 aliphatic rings. The molecule has 12 heteroatoms. The van der Waals surface area contributed by atoms with Crippen LogP contribution in [0, 0.1) is 0 Å². The molecule has 0 bridgehead atoms. The molecule has 0 aliphatic carbocycles. The Bertz CT molecular complexity index is 432. The van der Waals surface area contributed by atoms with Crippen LogP contribution in [0.3, 0.4) is 0 Å². The maximum atomic E-state index is 4.41. The molecular formula is C7H2Br9N3. The summed E-state index contributed by atoms with van der Waals surface area (Å²) in [6.07, 6.45) is 0. The second kappa shape index (κ2) is 7.48.